The first-order chi connectivity index (χ1) is 8.29. The van der Waals surface area contributed by atoms with Crippen molar-refractivity contribution in [2.45, 2.75) is 65.2 Å². The summed E-state index contributed by atoms with van der Waals surface area (Å²) in [7, 11) is 0. The van der Waals surface area contributed by atoms with Crippen molar-refractivity contribution in [3.05, 3.63) is 0 Å². The third-order valence-corrected chi connectivity index (χ3v) is 3.90. The van der Waals surface area contributed by atoms with Crippen LogP contribution in [0.5, 0.6) is 0 Å². The molecule has 1 atom stereocenters. The molecule has 0 aromatic carbocycles. The number of nitrogens with one attached hydrogen (secondary N) is 1. The number of carbonyl (C=O) groups is 1. The molecule has 1 saturated heterocycles. The molecule has 0 aliphatic carbocycles. The van der Waals surface area contributed by atoms with Gasteiger partial charge >= 0.3 is 0 Å². The van der Waals surface area contributed by atoms with Crippen molar-refractivity contribution in [2.24, 2.45) is 11.8 Å². The lowest BCUT2D eigenvalue weighted by molar-refractivity contribution is -0.128. The summed E-state index contributed by atoms with van der Waals surface area (Å²) < 4.78 is 0. The van der Waals surface area contributed by atoms with Gasteiger partial charge in [-0.3, -0.25) is 4.79 Å². The van der Waals surface area contributed by atoms with Gasteiger partial charge in [-0.2, -0.15) is 0 Å². The zero-order valence-electron chi connectivity index (χ0n) is 11.6. The van der Waals surface area contributed by atoms with Crippen molar-refractivity contribution in [1.29, 1.82) is 0 Å². The normalized spacial score (nSPS) is 17.8. The van der Waals surface area contributed by atoms with Gasteiger partial charge in [-0.15, -0.1) is 0 Å². The van der Waals surface area contributed by atoms with Gasteiger partial charge in [-0.25, -0.2) is 0 Å². The average Bonchev–Trinajstić information content (AvgIpc) is 2.25. The minimum Gasteiger partial charge on any atom is -0.315 e. The van der Waals surface area contributed by atoms with Crippen LogP contribution in [-0.4, -0.2) is 18.9 Å². The Balaban J connectivity index is 2.27. The zero-order chi connectivity index (χ0) is 12.5. The summed E-state index contributed by atoms with van der Waals surface area (Å²) in [5.41, 5.74) is 0. The first-order valence-electron chi connectivity index (χ1n) is 7.54. The second-order valence-electron chi connectivity index (χ2n) is 5.45. The van der Waals surface area contributed by atoms with Crippen LogP contribution in [0.25, 0.3) is 0 Å². The lowest BCUT2D eigenvalue weighted by Gasteiger charge is -2.29. The van der Waals surface area contributed by atoms with Crippen molar-refractivity contribution in [3.8, 4) is 0 Å². The van der Waals surface area contributed by atoms with Crippen molar-refractivity contribution in [3.63, 3.8) is 0 Å². The van der Waals surface area contributed by atoms with Crippen LogP contribution in [0.3, 0.4) is 0 Å². The number of ketones is 1. The van der Waals surface area contributed by atoms with Crippen molar-refractivity contribution in [2.75, 3.05) is 13.1 Å². The molecule has 1 aliphatic heterocycles. The van der Waals surface area contributed by atoms with Crippen LogP contribution in [0.15, 0.2) is 0 Å². The first-order valence-corrected chi connectivity index (χ1v) is 7.54. The summed E-state index contributed by atoms with van der Waals surface area (Å²) in [6.07, 6.45) is 9.82. The standard InChI is InChI=1S/C15H29NO/c1-3-5-7-8-10-13(9-6-4-2)15(17)14-11-16-12-14/h13-14,16H,3-12H2,1-2H3. The second-order valence-corrected chi connectivity index (χ2v) is 5.45. The summed E-state index contributed by atoms with van der Waals surface area (Å²) >= 11 is 0. The molecular formula is C15H29NO. The van der Waals surface area contributed by atoms with Gasteiger partial charge in [-0.05, 0) is 12.8 Å². The summed E-state index contributed by atoms with van der Waals surface area (Å²) in [6.45, 7) is 6.30. The van der Waals surface area contributed by atoms with Gasteiger partial charge in [0.15, 0.2) is 0 Å². The van der Waals surface area contributed by atoms with Crippen molar-refractivity contribution in [1.82, 2.24) is 5.32 Å². The molecule has 100 valence electrons. The maximum atomic E-state index is 12.3. The molecule has 0 radical (unpaired) electrons. The zero-order valence-corrected chi connectivity index (χ0v) is 11.6. The van der Waals surface area contributed by atoms with Gasteiger partial charge in [0.2, 0.25) is 0 Å². The van der Waals surface area contributed by atoms with Gasteiger partial charge in [0.1, 0.15) is 5.78 Å². The minimum atomic E-state index is 0.336. The van der Waals surface area contributed by atoms with E-state index in [9.17, 15) is 4.79 Å². The van der Waals surface area contributed by atoms with E-state index in [0.29, 0.717) is 17.6 Å². The highest BCUT2D eigenvalue weighted by molar-refractivity contribution is 5.84. The van der Waals surface area contributed by atoms with E-state index in [1.165, 1.54) is 38.5 Å². The van der Waals surface area contributed by atoms with Crippen LogP contribution >= 0.6 is 0 Å². The molecule has 1 unspecified atom stereocenters. The highest BCUT2D eigenvalue weighted by atomic mass is 16.1. The number of carbonyl (C=O) groups excluding carboxylic acids is 1. The number of hydrogen-bond donors (Lipinski definition) is 1. The molecule has 2 nitrogen and oxygen atoms in total. The number of rotatable bonds is 10. The van der Waals surface area contributed by atoms with Gasteiger partial charge in [0.25, 0.3) is 0 Å². The Morgan fingerprint density at radius 1 is 1.06 bits per heavy atom. The Morgan fingerprint density at radius 2 is 1.71 bits per heavy atom. The quantitative estimate of drug-likeness (QED) is 0.591. The molecule has 0 spiro atoms. The predicted octanol–water partition coefficient (Wildman–Crippen LogP) is 3.55. The van der Waals surface area contributed by atoms with Gasteiger partial charge in [-0.1, -0.05) is 52.4 Å². The van der Waals surface area contributed by atoms with Crippen LogP contribution < -0.4 is 5.32 Å². The van der Waals surface area contributed by atoms with E-state index in [1.54, 1.807) is 0 Å². The minimum absolute atomic E-state index is 0.336. The first kappa shape index (κ1) is 14.7. The topological polar surface area (TPSA) is 29.1 Å². The fourth-order valence-corrected chi connectivity index (χ4v) is 2.52. The third kappa shape index (κ3) is 5.20. The van der Waals surface area contributed by atoms with E-state index >= 15 is 0 Å². The largest absolute Gasteiger partial charge is 0.315 e. The van der Waals surface area contributed by atoms with Crippen LogP contribution in [0.2, 0.25) is 0 Å². The van der Waals surface area contributed by atoms with Gasteiger partial charge in [0, 0.05) is 24.9 Å². The summed E-state index contributed by atoms with van der Waals surface area (Å²) in [4.78, 5) is 12.3. The third-order valence-electron chi connectivity index (χ3n) is 3.90. The van der Waals surface area contributed by atoms with E-state index < -0.39 is 0 Å². The van der Waals surface area contributed by atoms with Crippen molar-refractivity contribution >= 4 is 5.78 Å². The molecule has 2 heteroatoms. The molecule has 1 rings (SSSR count). The lowest BCUT2D eigenvalue weighted by atomic mass is 9.83. The molecule has 0 saturated carbocycles. The van der Waals surface area contributed by atoms with E-state index in [1.807, 2.05) is 0 Å². The molecule has 1 aliphatic rings. The molecule has 1 heterocycles. The maximum absolute atomic E-state index is 12.3. The highest BCUT2D eigenvalue weighted by Crippen LogP contribution is 2.23. The second kappa shape index (κ2) is 8.68. The number of hydrogen-bond acceptors (Lipinski definition) is 2. The number of unbranched alkanes of at least 4 members (excludes halogenated alkanes) is 4. The Labute approximate surface area is 107 Å². The molecule has 0 aromatic rings. The van der Waals surface area contributed by atoms with Gasteiger partial charge < -0.3 is 5.32 Å². The SMILES string of the molecule is CCCCCCC(CCCC)C(=O)C1CNC1. The summed E-state index contributed by atoms with van der Waals surface area (Å²) in [5.74, 6) is 1.25. The summed E-state index contributed by atoms with van der Waals surface area (Å²) in [5, 5.41) is 3.21. The van der Waals surface area contributed by atoms with E-state index in [4.69, 9.17) is 0 Å². The average molecular weight is 239 g/mol. The van der Waals surface area contributed by atoms with Crippen LogP contribution in [0.4, 0.5) is 0 Å². The molecule has 0 bridgehead atoms. The molecular weight excluding hydrogens is 210 g/mol. The molecule has 0 amide bonds. The molecule has 17 heavy (non-hydrogen) atoms. The molecule has 1 N–H and O–H groups in total. The van der Waals surface area contributed by atoms with E-state index in [2.05, 4.69) is 19.2 Å². The fraction of sp³-hybridized carbons (Fsp3) is 0.933. The van der Waals surface area contributed by atoms with E-state index in [-0.39, 0.29) is 0 Å². The lowest BCUT2D eigenvalue weighted by Crippen LogP contribution is -2.48. The Kier molecular flexibility index (Phi) is 7.50. The number of Topliss-reactive ketones (excluding diaryl/α,β-unsaturated/α-hetero) is 1. The summed E-state index contributed by atoms with van der Waals surface area (Å²) in [6, 6.07) is 0. The monoisotopic (exact) mass is 239 g/mol. The Morgan fingerprint density at radius 3 is 2.24 bits per heavy atom. The van der Waals surface area contributed by atoms with E-state index in [0.717, 1.165) is 25.9 Å². The van der Waals surface area contributed by atoms with Crippen LogP contribution in [0.1, 0.15) is 65.2 Å². The highest BCUT2D eigenvalue weighted by Gasteiger charge is 2.30. The van der Waals surface area contributed by atoms with Crippen LogP contribution in [-0.2, 0) is 4.79 Å². The Hall–Kier alpha value is -0.370. The fourth-order valence-electron chi connectivity index (χ4n) is 2.52. The van der Waals surface area contributed by atoms with Crippen LogP contribution in [0, 0.1) is 11.8 Å². The van der Waals surface area contributed by atoms with Gasteiger partial charge in [0.05, 0.1) is 0 Å². The van der Waals surface area contributed by atoms with Crippen molar-refractivity contribution < 1.29 is 4.79 Å². The smallest absolute Gasteiger partial charge is 0.141 e. The molecule has 0 aromatic heterocycles. The predicted molar refractivity (Wildman–Crippen MR) is 73.1 cm³/mol. The maximum Gasteiger partial charge on any atom is 0.141 e. The molecule has 1 fully saturated rings. The Bertz CT molecular complexity index is 211.